The van der Waals surface area contributed by atoms with Crippen molar-refractivity contribution in [3.05, 3.63) is 65.1 Å². The van der Waals surface area contributed by atoms with Crippen molar-refractivity contribution in [1.82, 2.24) is 0 Å². The Morgan fingerprint density at radius 1 is 1.00 bits per heavy atom. The summed E-state index contributed by atoms with van der Waals surface area (Å²) in [6.45, 7) is 3.75. The second kappa shape index (κ2) is 4.45. The molecule has 0 heterocycles. The maximum atomic E-state index is 3.75. The summed E-state index contributed by atoms with van der Waals surface area (Å²) in [4.78, 5) is 0. The van der Waals surface area contributed by atoms with Gasteiger partial charge in [-0.25, -0.2) is 0 Å². The Morgan fingerprint density at radius 3 is 2.33 bits per heavy atom. The Morgan fingerprint density at radius 2 is 1.73 bits per heavy atom. The van der Waals surface area contributed by atoms with Gasteiger partial charge in [-0.05, 0) is 22.8 Å². The number of hydrogen-bond donors (Lipinski definition) is 0. The third kappa shape index (κ3) is 2.18. The van der Waals surface area contributed by atoms with E-state index in [4.69, 9.17) is 0 Å². The zero-order valence-electron chi connectivity index (χ0n) is 8.28. The van der Waals surface area contributed by atoms with Crippen LogP contribution in [0.3, 0.4) is 0 Å². The van der Waals surface area contributed by atoms with E-state index >= 15 is 0 Å². The Bertz CT molecular complexity index is 472. The number of benzene rings is 2. The monoisotopic (exact) mass is 258 g/mol. The highest BCUT2D eigenvalue weighted by atomic mass is 79.9. The average molecular weight is 259 g/mol. The topological polar surface area (TPSA) is 0 Å². The molecule has 0 N–H and O–H groups in total. The van der Waals surface area contributed by atoms with E-state index in [1.165, 1.54) is 11.1 Å². The van der Waals surface area contributed by atoms with Crippen LogP contribution in [-0.2, 0) is 0 Å². The minimum atomic E-state index is 1.10. The normalized spacial score (nSPS) is 9.93. The fraction of sp³-hybridized carbons (Fsp3) is 0. The van der Waals surface area contributed by atoms with Gasteiger partial charge in [0.1, 0.15) is 0 Å². The second-order valence-electron chi connectivity index (χ2n) is 3.31. The predicted molar refractivity (Wildman–Crippen MR) is 69.7 cm³/mol. The van der Waals surface area contributed by atoms with Gasteiger partial charge in [0.15, 0.2) is 0 Å². The molecule has 0 bridgehead atoms. The first-order valence-corrected chi connectivity index (χ1v) is 5.58. The van der Waals surface area contributed by atoms with E-state index < -0.39 is 0 Å². The molecule has 0 fully saturated rings. The maximum Gasteiger partial charge on any atom is 0.0259 e. The molecule has 0 amide bonds. The molecule has 0 aliphatic rings. The third-order valence-corrected chi connectivity index (χ3v) is 2.97. The Kier molecular flexibility index (Phi) is 3.02. The van der Waals surface area contributed by atoms with Crippen LogP contribution >= 0.6 is 15.9 Å². The van der Waals surface area contributed by atoms with E-state index in [1.54, 1.807) is 0 Å². The second-order valence-corrected chi connectivity index (χ2v) is 4.16. The van der Waals surface area contributed by atoms with Gasteiger partial charge in [-0.2, -0.15) is 0 Å². The lowest BCUT2D eigenvalue weighted by Gasteiger charge is -2.05. The summed E-state index contributed by atoms with van der Waals surface area (Å²) < 4.78 is 1.10. The molecule has 0 aromatic heterocycles. The lowest BCUT2D eigenvalue weighted by atomic mass is 10.0. The van der Waals surface area contributed by atoms with Gasteiger partial charge in [-0.15, -0.1) is 0 Å². The van der Waals surface area contributed by atoms with Crippen molar-refractivity contribution in [3.8, 4) is 11.1 Å². The zero-order chi connectivity index (χ0) is 10.7. The highest BCUT2D eigenvalue weighted by Gasteiger charge is 2.01. The van der Waals surface area contributed by atoms with Gasteiger partial charge in [0.05, 0.1) is 0 Å². The van der Waals surface area contributed by atoms with Gasteiger partial charge in [0.25, 0.3) is 0 Å². The van der Waals surface area contributed by atoms with E-state index in [9.17, 15) is 0 Å². The molecule has 1 heteroatoms. The van der Waals surface area contributed by atoms with Gasteiger partial charge in [-0.3, -0.25) is 0 Å². The SMILES string of the molecule is C=Cc1ccc(-c2ccccc2)c(Br)c1. The van der Waals surface area contributed by atoms with Crippen molar-refractivity contribution in [2.75, 3.05) is 0 Å². The highest BCUT2D eigenvalue weighted by molar-refractivity contribution is 9.10. The van der Waals surface area contributed by atoms with Crippen LogP contribution in [0.2, 0.25) is 0 Å². The molecule has 74 valence electrons. The minimum absolute atomic E-state index is 1.10. The average Bonchev–Trinajstić information content (AvgIpc) is 2.30. The van der Waals surface area contributed by atoms with Crippen LogP contribution in [0.5, 0.6) is 0 Å². The fourth-order valence-electron chi connectivity index (χ4n) is 1.51. The summed E-state index contributed by atoms with van der Waals surface area (Å²) in [5, 5.41) is 0. The molecule has 0 saturated heterocycles. The molecule has 0 radical (unpaired) electrons. The summed E-state index contributed by atoms with van der Waals surface area (Å²) >= 11 is 3.58. The van der Waals surface area contributed by atoms with Crippen LogP contribution in [0.1, 0.15) is 5.56 Å². The van der Waals surface area contributed by atoms with Crippen molar-refractivity contribution in [3.63, 3.8) is 0 Å². The van der Waals surface area contributed by atoms with E-state index in [2.05, 4.69) is 52.8 Å². The quantitative estimate of drug-likeness (QED) is 0.729. The molecule has 0 saturated carbocycles. The predicted octanol–water partition coefficient (Wildman–Crippen LogP) is 4.76. The summed E-state index contributed by atoms with van der Waals surface area (Å²) in [5.41, 5.74) is 3.56. The first-order valence-electron chi connectivity index (χ1n) is 4.78. The molecular weight excluding hydrogens is 248 g/mol. The Labute approximate surface area is 98.4 Å². The molecule has 0 aliphatic carbocycles. The summed E-state index contributed by atoms with van der Waals surface area (Å²) in [6, 6.07) is 16.6. The molecule has 0 aliphatic heterocycles. The van der Waals surface area contributed by atoms with Crippen LogP contribution in [0.15, 0.2) is 59.6 Å². The Hall–Kier alpha value is -1.34. The van der Waals surface area contributed by atoms with Crippen LogP contribution in [0, 0.1) is 0 Å². The number of rotatable bonds is 2. The van der Waals surface area contributed by atoms with Crippen LogP contribution in [-0.4, -0.2) is 0 Å². The first-order chi connectivity index (χ1) is 7.31. The molecule has 15 heavy (non-hydrogen) atoms. The first kappa shape index (κ1) is 10.2. The van der Waals surface area contributed by atoms with Crippen molar-refractivity contribution >= 4 is 22.0 Å². The van der Waals surface area contributed by atoms with E-state index in [0.29, 0.717) is 0 Å². The largest absolute Gasteiger partial charge is 0.0985 e. The van der Waals surface area contributed by atoms with Crippen molar-refractivity contribution in [1.29, 1.82) is 0 Å². The van der Waals surface area contributed by atoms with Crippen LogP contribution < -0.4 is 0 Å². The molecule has 0 nitrogen and oxygen atoms in total. The molecule has 2 aromatic carbocycles. The molecule has 2 aromatic rings. The van der Waals surface area contributed by atoms with Gasteiger partial charge < -0.3 is 0 Å². The molecule has 0 unspecified atom stereocenters. The lowest BCUT2D eigenvalue weighted by Crippen LogP contribution is -1.80. The third-order valence-electron chi connectivity index (χ3n) is 2.31. The van der Waals surface area contributed by atoms with Crippen molar-refractivity contribution in [2.45, 2.75) is 0 Å². The highest BCUT2D eigenvalue weighted by Crippen LogP contribution is 2.29. The Balaban J connectivity index is 2.51. The summed E-state index contributed by atoms with van der Waals surface area (Å²) in [7, 11) is 0. The van der Waals surface area contributed by atoms with Gasteiger partial charge >= 0.3 is 0 Å². The number of halogens is 1. The van der Waals surface area contributed by atoms with E-state index in [0.717, 1.165) is 10.0 Å². The van der Waals surface area contributed by atoms with Gasteiger partial charge in [0.2, 0.25) is 0 Å². The fourth-order valence-corrected chi connectivity index (χ4v) is 2.14. The maximum absolute atomic E-state index is 3.75. The minimum Gasteiger partial charge on any atom is -0.0985 e. The lowest BCUT2D eigenvalue weighted by molar-refractivity contribution is 1.56. The van der Waals surface area contributed by atoms with Crippen LogP contribution in [0.25, 0.3) is 17.2 Å². The smallest absolute Gasteiger partial charge is 0.0259 e. The zero-order valence-corrected chi connectivity index (χ0v) is 9.87. The number of hydrogen-bond acceptors (Lipinski definition) is 0. The molecule has 0 atom stereocenters. The molecule has 0 spiro atoms. The van der Waals surface area contributed by atoms with Crippen LogP contribution in [0.4, 0.5) is 0 Å². The van der Waals surface area contributed by atoms with E-state index in [1.807, 2.05) is 24.3 Å². The molecule has 2 rings (SSSR count). The van der Waals surface area contributed by atoms with E-state index in [-0.39, 0.29) is 0 Å². The molecular formula is C14H11Br. The summed E-state index contributed by atoms with van der Waals surface area (Å²) in [6.07, 6.45) is 1.85. The van der Waals surface area contributed by atoms with Gasteiger partial charge in [-0.1, -0.05) is 71.0 Å². The standard InChI is InChI=1S/C14H11Br/c1-2-11-8-9-13(14(15)10-11)12-6-4-3-5-7-12/h2-10H,1H2. The summed E-state index contributed by atoms with van der Waals surface area (Å²) in [5.74, 6) is 0. The van der Waals surface area contributed by atoms with Crippen molar-refractivity contribution < 1.29 is 0 Å². The van der Waals surface area contributed by atoms with Gasteiger partial charge in [0, 0.05) is 4.47 Å². The van der Waals surface area contributed by atoms with Crippen molar-refractivity contribution in [2.24, 2.45) is 0 Å².